The first-order valence-electron chi connectivity index (χ1n) is 8.78. The monoisotopic (exact) mass is 357 g/mol. The summed E-state index contributed by atoms with van der Waals surface area (Å²) in [5.41, 5.74) is 0.863. The van der Waals surface area contributed by atoms with E-state index in [0.717, 1.165) is 25.7 Å². The van der Waals surface area contributed by atoms with Gasteiger partial charge in [-0.15, -0.1) is 0 Å². The van der Waals surface area contributed by atoms with Gasteiger partial charge in [0.2, 0.25) is 0 Å². The number of carbonyl (C=O) groups is 1. The fraction of sp³-hybridized carbons (Fsp3) is 0.350. The Morgan fingerprint density at radius 2 is 1.85 bits per heavy atom. The number of benzene rings is 2. The quantitative estimate of drug-likeness (QED) is 0.353. The van der Waals surface area contributed by atoms with Crippen molar-refractivity contribution in [3.05, 3.63) is 58.1 Å². The summed E-state index contributed by atoms with van der Waals surface area (Å²) in [5, 5.41) is 20.7. The molecule has 0 spiro atoms. The van der Waals surface area contributed by atoms with Gasteiger partial charge in [0.05, 0.1) is 17.1 Å². The van der Waals surface area contributed by atoms with Crippen LogP contribution in [0.5, 0.6) is 5.75 Å². The maximum atomic E-state index is 11.4. The van der Waals surface area contributed by atoms with E-state index >= 15 is 0 Å². The summed E-state index contributed by atoms with van der Waals surface area (Å²) in [5.74, 6) is -0.863. The molecule has 0 aliphatic heterocycles. The fourth-order valence-electron chi connectivity index (χ4n) is 2.76. The molecular weight excluding hydrogens is 334 g/mol. The van der Waals surface area contributed by atoms with Crippen LogP contribution < -0.4 is 4.74 Å². The molecule has 0 atom stereocenters. The number of ether oxygens (including phenoxy) is 1. The first-order chi connectivity index (χ1) is 12.5. The molecule has 0 fully saturated rings. The van der Waals surface area contributed by atoms with E-state index < -0.39 is 10.9 Å². The Bertz CT molecular complexity index is 773. The molecule has 2 aromatic rings. The Kier molecular flexibility index (Phi) is 7.14. The van der Waals surface area contributed by atoms with Gasteiger partial charge < -0.3 is 9.84 Å². The predicted molar refractivity (Wildman–Crippen MR) is 99.7 cm³/mol. The van der Waals surface area contributed by atoms with Crippen molar-refractivity contribution in [2.24, 2.45) is 0 Å². The van der Waals surface area contributed by atoms with Gasteiger partial charge in [-0.05, 0) is 29.7 Å². The lowest BCUT2D eigenvalue weighted by atomic mass is 9.99. The van der Waals surface area contributed by atoms with Crippen LogP contribution >= 0.6 is 0 Å². The first kappa shape index (κ1) is 19.4. The topological polar surface area (TPSA) is 89.7 Å². The van der Waals surface area contributed by atoms with Crippen LogP contribution in [-0.2, 0) is 0 Å². The molecule has 0 saturated heterocycles. The Hall–Kier alpha value is -2.89. The standard InChI is InChI=1S/C20H23NO5/c1-2-3-4-5-8-13-26-19-12-11-15(14-18(19)21(24)25)16-9-6-7-10-17(16)20(22)23/h6-7,9-12,14H,2-5,8,13H2,1H3,(H,22,23). The summed E-state index contributed by atoms with van der Waals surface area (Å²) in [6.45, 7) is 2.57. The summed E-state index contributed by atoms with van der Waals surface area (Å²) in [6, 6.07) is 11.0. The Labute approximate surface area is 152 Å². The predicted octanol–water partition coefficient (Wildman–Crippen LogP) is 5.31. The second kappa shape index (κ2) is 9.56. The van der Waals surface area contributed by atoms with Crippen molar-refractivity contribution < 1.29 is 19.6 Å². The van der Waals surface area contributed by atoms with Crippen molar-refractivity contribution >= 4 is 11.7 Å². The van der Waals surface area contributed by atoms with Crippen molar-refractivity contribution in [3.63, 3.8) is 0 Å². The van der Waals surface area contributed by atoms with Crippen LogP contribution in [0.1, 0.15) is 49.4 Å². The molecule has 6 heteroatoms. The Morgan fingerprint density at radius 3 is 2.54 bits per heavy atom. The smallest absolute Gasteiger partial charge is 0.336 e. The van der Waals surface area contributed by atoms with Crippen molar-refractivity contribution in [2.45, 2.75) is 39.0 Å². The van der Waals surface area contributed by atoms with E-state index in [2.05, 4.69) is 6.92 Å². The minimum absolute atomic E-state index is 0.103. The number of hydrogen-bond donors (Lipinski definition) is 1. The molecule has 1 N–H and O–H groups in total. The molecule has 0 aliphatic carbocycles. The van der Waals surface area contributed by atoms with Crippen LogP contribution in [0.2, 0.25) is 0 Å². The number of rotatable bonds is 10. The van der Waals surface area contributed by atoms with Crippen molar-refractivity contribution in [2.75, 3.05) is 6.61 Å². The molecule has 6 nitrogen and oxygen atoms in total. The Balaban J connectivity index is 2.19. The molecule has 2 rings (SSSR count). The van der Waals surface area contributed by atoms with E-state index in [1.807, 2.05) is 0 Å². The summed E-state index contributed by atoms with van der Waals surface area (Å²) in [7, 11) is 0. The number of aromatic carboxylic acids is 1. The molecular formula is C20H23NO5. The molecule has 0 radical (unpaired) electrons. The minimum atomic E-state index is -1.07. The molecule has 0 aliphatic rings. The van der Waals surface area contributed by atoms with Crippen LogP contribution in [0.15, 0.2) is 42.5 Å². The third-order valence-corrected chi connectivity index (χ3v) is 4.13. The SMILES string of the molecule is CCCCCCCOc1ccc(-c2ccccc2C(=O)O)cc1[N+](=O)[O-]. The zero-order chi connectivity index (χ0) is 18.9. The number of nitrogens with zero attached hydrogens (tertiary/aromatic N) is 1. The molecule has 0 amide bonds. The summed E-state index contributed by atoms with van der Waals surface area (Å²) < 4.78 is 5.59. The van der Waals surface area contributed by atoms with Crippen LogP contribution in [0, 0.1) is 10.1 Å². The summed E-state index contributed by atoms with van der Waals surface area (Å²) in [4.78, 5) is 22.3. The maximum absolute atomic E-state index is 11.4. The molecule has 138 valence electrons. The number of nitro benzene ring substituents is 1. The van der Waals surface area contributed by atoms with Crippen molar-refractivity contribution in [1.29, 1.82) is 0 Å². The molecule has 0 unspecified atom stereocenters. The van der Waals surface area contributed by atoms with E-state index in [9.17, 15) is 20.0 Å². The summed E-state index contributed by atoms with van der Waals surface area (Å²) in [6.07, 6.45) is 5.35. The van der Waals surface area contributed by atoms with E-state index in [-0.39, 0.29) is 17.0 Å². The molecule has 0 heterocycles. The first-order valence-corrected chi connectivity index (χ1v) is 8.78. The normalized spacial score (nSPS) is 10.5. The fourth-order valence-corrected chi connectivity index (χ4v) is 2.76. The molecule has 26 heavy (non-hydrogen) atoms. The minimum Gasteiger partial charge on any atom is -0.487 e. The number of carboxylic acids is 1. The van der Waals surface area contributed by atoms with Gasteiger partial charge in [-0.25, -0.2) is 4.79 Å². The third kappa shape index (κ3) is 5.05. The number of nitro groups is 1. The zero-order valence-corrected chi connectivity index (χ0v) is 14.8. The third-order valence-electron chi connectivity index (χ3n) is 4.13. The molecule has 0 saturated carbocycles. The lowest BCUT2D eigenvalue weighted by Gasteiger charge is -2.10. The average molecular weight is 357 g/mol. The van der Waals surface area contributed by atoms with E-state index in [4.69, 9.17) is 4.74 Å². The lowest BCUT2D eigenvalue weighted by Crippen LogP contribution is -2.02. The van der Waals surface area contributed by atoms with Crippen LogP contribution in [0.25, 0.3) is 11.1 Å². The average Bonchev–Trinajstić information content (AvgIpc) is 2.64. The Morgan fingerprint density at radius 1 is 1.12 bits per heavy atom. The second-order valence-corrected chi connectivity index (χ2v) is 6.05. The van der Waals surface area contributed by atoms with E-state index in [0.29, 0.717) is 17.7 Å². The largest absolute Gasteiger partial charge is 0.487 e. The highest BCUT2D eigenvalue weighted by Crippen LogP contribution is 2.34. The van der Waals surface area contributed by atoms with Gasteiger partial charge in [0, 0.05) is 6.07 Å². The molecule has 0 bridgehead atoms. The van der Waals surface area contributed by atoms with Gasteiger partial charge in [-0.1, -0.05) is 56.9 Å². The highest BCUT2D eigenvalue weighted by molar-refractivity contribution is 5.96. The maximum Gasteiger partial charge on any atom is 0.336 e. The number of hydrogen-bond acceptors (Lipinski definition) is 4. The zero-order valence-electron chi connectivity index (χ0n) is 14.8. The van der Waals surface area contributed by atoms with Crippen LogP contribution in [0.3, 0.4) is 0 Å². The van der Waals surface area contributed by atoms with Gasteiger partial charge in [0.15, 0.2) is 5.75 Å². The molecule has 2 aromatic carbocycles. The highest BCUT2D eigenvalue weighted by Gasteiger charge is 2.19. The van der Waals surface area contributed by atoms with Gasteiger partial charge in [-0.2, -0.15) is 0 Å². The van der Waals surface area contributed by atoms with Gasteiger partial charge in [-0.3, -0.25) is 10.1 Å². The van der Waals surface area contributed by atoms with Crippen LogP contribution in [0.4, 0.5) is 5.69 Å². The highest BCUT2D eigenvalue weighted by atomic mass is 16.6. The second-order valence-electron chi connectivity index (χ2n) is 6.05. The van der Waals surface area contributed by atoms with Gasteiger partial charge in [0.1, 0.15) is 0 Å². The van der Waals surface area contributed by atoms with Crippen molar-refractivity contribution in [3.8, 4) is 16.9 Å². The molecule has 0 aromatic heterocycles. The van der Waals surface area contributed by atoms with Crippen LogP contribution in [-0.4, -0.2) is 22.6 Å². The van der Waals surface area contributed by atoms with E-state index in [1.165, 1.54) is 24.6 Å². The summed E-state index contributed by atoms with van der Waals surface area (Å²) >= 11 is 0. The number of unbranched alkanes of at least 4 members (excludes halogenated alkanes) is 4. The number of carboxylic acid groups (broad SMARTS) is 1. The lowest BCUT2D eigenvalue weighted by molar-refractivity contribution is -0.385. The van der Waals surface area contributed by atoms with Gasteiger partial charge >= 0.3 is 11.7 Å². The van der Waals surface area contributed by atoms with Crippen molar-refractivity contribution in [1.82, 2.24) is 0 Å². The van der Waals surface area contributed by atoms with E-state index in [1.54, 1.807) is 24.3 Å². The van der Waals surface area contributed by atoms with Gasteiger partial charge in [0.25, 0.3) is 0 Å².